The second kappa shape index (κ2) is 8.39. The summed E-state index contributed by atoms with van der Waals surface area (Å²) in [7, 11) is 0. The molecule has 0 fully saturated rings. The van der Waals surface area contributed by atoms with Crippen LogP contribution in [0.15, 0.2) is 24.3 Å². The highest BCUT2D eigenvalue weighted by molar-refractivity contribution is 8.10. The van der Waals surface area contributed by atoms with Gasteiger partial charge in [0.05, 0.1) is 4.91 Å². The average Bonchev–Trinajstić information content (AvgIpc) is 3.30. The van der Waals surface area contributed by atoms with Gasteiger partial charge in [-0.05, 0) is 55.0 Å². The predicted octanol–water partition coefficient (Wildman–Crippen LogP) is 5.38. The van der Waals surface area contributed by atoms with E-state index in [1.165, 1.54) is 57.4 Å². The quantitative estimate of drug-likeness (QED) is 0.657. The molecule has 1 radical (unpaired) electrons. The van der Waals surface area contributed by atoms with E-state index in [0.717, 1.165) is 0 Å². The molecule has 0 saturated carbocycles. The van der Waals surface area contributed by atoms with Crippen LogP contribution >= 0.6 is 34.3 Å². The Morgan fingerprint density at radius 1 is 0.913 bits per heavy atom. The zero-order valence-electron chi connectivity index (χ0n) is 13.9. The van der Waals surface area contributed by atoms with Crippen LogP contribution in [0.1, 0.15) is 50.7 Å². The van der Waals surface area contributed by atoms with Gasteiger partial charge < -0.3 is 0 Å². The Morgan fingerprint density at radius 2 is 1.61 bits per heavy atom. The van der Waals surface area contributed by atoms with Gasteiger partial charge >= 0.3 is 0 Å². The van der Waals surface area contributed by atoms with E-state index in [-0.39, 0.29) is 0 Å². The lowest BCUT2D eigenvalue weighted by atomic mass is 10.0. The first-order valence-corrected chi connectivity index (χ1v) is 11.0. The molecule has 3 heteroatoms. The molecule has 2 aliphatic rings. The van der Waals surface area contributed by atoms with E-state index < -0.39 is 0 Å². The van der Waals surface area contributed by atoms with E-state index in [4.69, 9.17) is 0 Å². The van der Waals surface area contributed by atoms with Crippen molar-refractivity contribution in [2.45, 2.75) is 52.4 Å². The summed E-state index contributed by atoms with van der Waals surface area (Å²) < 4.78 is 3.02. The molecule has 0 aromatic carbocycles. The van der Waals surface area contributed by atoms with Crippen molar-refractivity contribution in [2.24, 2.45) is 0 Å². The summed E-state index contributed by atoms with van der Waals surface area (Å²) in [6, 6.07) is 0. The molecular weight excluding hydrogens is 336 g/mol. The first kappa shape index (κ1) is 17.1. The lowest BCUT2D eigenvalue weighted by Crippen LogP contribution is -2.09. The molecule has 3 rings (SSSR count). The van der Waals surface area contributed by atoms with Crippen LogP contribution in [0.5, 0.6) is 0 Å². The van der Waals surface area contributed by atoms with Gasteiger partial charge in [-0.2, -0.15) is 0 Å². The van der Waals surface area contributed by atoms with Gasteiger partial charge in [0.25, 0.3) is 0 Å². The highest BCUT2D eigenvalue weighted by atomic mass is 32.2. The molecule has 0 spiro atoms. The van der Waals surface area contributed by atoms with Gasteiger partial charge in [0.2, 0.25) is 0 Å². The summed E-state index contributed by atoms with van der Waals surface area (Å²) in [5.74, 6) is 2.20. The molecule has 0 atom stereocenters. The zero-order valence-corrected chi connectivity index (χ0v) is 16.3. The normalized spacial score (nSPS) is 20.6. The van der Waals surface area contributed by atoms with Crippen molar-refractivity contribution in [1.82, 2.24) is 0 Å². The SMILES string of the molecule is CCCCc1c(CCCC)c(=C2C=CC#S2)sc1=C1C=C[CH]S1. The van der Waals surface area contributed by atoms with Gasteiger partial charge in [-0.3, -0.25) is 0 Å². The summed E-state index contributed by atoms with van der Waals surface area (Å²) in [6.45, 7) is 4.58. The van der Waals surface area contributed by atoms with Gasteiger partial charge in [-0.25, -0.2) is 0 Å². The lowest BCUT2D eigenvalue weighted by Gasteiger charge is -2.05. The fourth-order valence-electron chi connectivity index (χ4n) is 2.90. The van der Waals surface area contributed by atoms with Crippen molar-refractivity contribution in [3.05, 3.63) is 50.2 Å². The van der Waals surface area contributed by atoms with Crippen molar-refractivity contribution in [3.63, 3.8) is 0 Å². The van der Waals surface area contributed by atoms with E-state index in [9.17, 15) is 0 Å². The molecule has 121 valence electrons. The van der Waals surface area contributed by atoms with Crippen LogP contribution in [0.25, 0.3) is 9.81 Å². The summed E-state index contributed by atoms with van der Waals surface area (Å²) in [5, 5.41) is 3.27. The number of unbranched alkanes of at least 4 members (excludes halogenated alkanes) is 2. The monoisotopic (exact) mass is 359 g/mol. The van der Waals surface area contributed by atoms with E-state index in [1.807, 2.05) is 23.1 Å². The molecule has 0 unspecified atom stereocenters. The molecule has 1 aromatic heterocycles. The summed E-state index contributed by atoms with van der Waals surface area (Å²) in [4.78, 5) is 2.83. The highest BCUT2D eigenvalue weighted by Crippen LogP contribution is 2.29. The highest BCUT2D eigenvalue weighted by Gasteiger charge is 2.15. The average molecular weight is 360 g/mol. The third kappa shape index (κ3) is 3.85. The van der Waals surface area contributed by atoms with Gasteiger partial charge in [-0.1, -0.05) is 49.1 Å². The van der Waals surface area contributed by atoms with E-state index >= 15 is 0 Å². The smallest absolute Gasteiger partial charge is 0.0535 e. The fourth-order valence-corrected chi connectivity index (χ4v) is 5.97. The standard InChI is InChI=1S/C20H23S3/c1-3-5-9-15-16(10-6-4-2)20(18-12-8-14-22-18)23-19(15)17-11-7-13-21-17/h7-8,11-13H,3-6,9-10H2,1-2H3. The molecule has 0 nitrogen and oxygen atoms in total. The van der Waals surface area contributed by atoms with E-state index in [2.05, 4.69) is 49.1 Å². The van der Waals surface area contributed by atoms with Gasteiger partial charge in [-0.15, -0.1) is 23.1 Å². The van der Waals surface area contributed by atoms with Crippen LogP contribution in [-0.4, -0.2) is 0 Å². The predicted molar refractivity (Wildman–Crippen MR) is 109 cm³/mol. The number of hydrogen-bond acceptors (Lipinski definition) is 2. The first-order chi connectivity index (χ1) is 11.3. The fraction of sp³-hybridized carbons (Fsp3) is 0.400. The second-order valence-corrected chi connectivity index (χ2v) is 8.67. The third-order valence-electron chi connectivity index (χ3n) is 4.12. The molecule has 1 aromatic rings. The van der Waals surface area contributed by atoms with Crippen molar-refractivity contribution in [3.8, 4) is 5.18 Å². The Bertz CT molecular complexity index is 810. The second-order valence-electron chi connectivity index (χ2n) is 5.82. The summed E-state index contributed by atoms with van der Waals surface area (Å²) in [6.07, 6.45) is 16.2. The maximum Gasteiger partial charge on any atom is 0.0535 e. The summed E-state index contributed by atoms with van der Waals surface area (Å²) in [5.41, 5.74) is 3.24. The minimum absolute atomic E-state index is 1.21. The number of thioether (sulfide) groups is 1. The van der Waals surface area contributed by atoms with Gasteiger partial charge in [0, 0.05) is 19.7 Å². The van der Waals surface area contributed by atoms with Crippen molar-refractivity contribution in [2.75, 3.05) is 0 Å². The maximum atomic E-state index is 3.27. The van der Waals surface area contributed by atoms with Crippen LogP contribution in [0.3, 0.4) is 0 Å². The number of rotatable bonds is 6. The zero-order chi connectivity index (χ0) is 16.1. The molecule has 0 N–H and O–H groups in total. The Hall–Kier alpha value is -0.730. The van der Waals surface area contributed by atoms with Gasteiger partial charge in [0.1, 0.15) is 0 Å². The number of thiophene rings is 1. The molecule has 3 heterocycles. The van der Waals surface area contributed by atoms with Crippen molar-refractivity contribution < 1.29 is 0 Å². The molecule has 0 aliphatic carbocycles. The van der Waals surface area contributed by atoms with Crippen LogP contribution in [0.4, 0.5) is 0 Å². The van der Waals surface area contributed by atoms with Crippen LogP contribution in [-0.2, 0) is 12.8 Å². The lowest BCUT2D eigenvalue weighted by molar-refractivity contribution is 0.758. The van der Waals surface area contributed by atoms with Crippen LogP contribution in [0, 0.1) is 10.9 Å². The van der Waals surface area contributed by atoms with E-state index in [1.54, 1.807) is 22.3 Å². The number of allylic oxidation sites excluding steroid dienone is 1. The molecule has 2 aliphatic heterocycles. The van der Waals surface area contributed by atoms with E-state index in [0.29, 0.717) is 0 Å². The topological polar surface area (TPSA) is 0 Å². The largest absolute Gasteiger partial charge is 0.133 e. The Morgan fingerprint density at radius 3 is 2.13 bits per heavy atom. The Kier molecular flexibility index (Phi) is 6.24. The minimum Gasteiger partial charge on any atom is -0.133 e. The Labute approximate surface area is 151 Å². The first-order valence-electron chi connectivity index (χ1n) is 8.49. The maximum absolute atomic E-state index is 3.27. The van der Waals surface area contributed by atoms with Crippen LogP contribution < -0.4 is 9.06 Å². The van der Waals surface area contributed by atoms with Crippen molar-refractivity contribution in [1.29, 1.82) is 0 Å². The Balaban J connectivity index is 2.23. The molecule has 23 heavy (non-hydrogen) atoms. The molecule has 0 bridgehead atoms. The molecular formula is C20H23S3. The van der Waals surface area contributed by atoms with Gasteiger partial charge in [0.15, 0.2) is 0 Å². The minimum atomic E-state index is 1.21. The third-order valence-corrected chi connectivity index (χ3v) is 7.42. The number of hydrogen-bond donors (Lipinski definition) is 0. The van der Waals surface area contributed by atoms with Crippen molar-refractivity contribution >= 4 is 44.1 Å². The molecule has 0 saturated heterocycles. The molecule has 0 amide bonds. The summed E-state index contributed by atoms with van der Waals surface area (Å²) >= 11 is 5.63. The van der Waals surface area contributed by atoms with Crippen LogP contribution in [0.2, 0.25) is 0 Å².